The van der Waals surface area contributed by atoms with Crippen molar-refractivity contribution >= 4 is 23.5 Å². The van der Waals surface area contributed by atoms with Gasteiger partial charge in [0.2, 0.25) is 5.91 Å². The van der Waals surface area contributed by atoms with Gasteiger partial charge in [-0.15, -0.1) is 0 Å². The first-order valence-corrected chi connectivity index (χ1v) is 8.98. The average Bonchev–Trinajstić information content (AvgIpc) is 2.63. The monoisotopic (exact) mass is 383 g/mol. The van der Waals surface area contributed by atoms with Gasteiger partial charge in [0.25, 0.3) is 5.91 Å². The predicted molar refractivity (Wildman–Crippen MR) is 107 cm³/mol. The minimum Gasteiger partial charge on any atom is -0.426 e. The molecule has 148 valence electrons. The number of nitrogens with zero attached hydrogens (tertiary/aromatic N) is 1. The molecular weight excluding hydrogens is 358 g/mol. The molecule has 0 atom stereocenters. The molecule has 7 heteroatoms. The third kappa shape index (κ3) is 7.20. The zero-order valence-corrected chi connectivity index (χ0v) is 16.3. The van der Waals surface area contributed by atoms with E-state index in [-0.39, 0.29) is 30.9 Å². The molecule has 0 fully saturated rings. The number of anilines is 1. The number of hydrogen-bond acceptors (Lipinski definition) is 5. The maximum absolute atomic E-state index is 12.1. The topological polar surface area (TPSA) is 87.7 Å². The van der Waals surface area contributed by atoms with Crippen LogP contribution in [0.1, 0.15) is 24.2 Å². The maximum atomic E-state index is 12.1. The second kappa shape index (κ2) is 10.2. The van der Waals surface area contributed by atoms with Gasteiger partial charge in [-0.1, -0.05) is 18.2 Å². The summed E-state index contributed by atoms with van der Waals surface area (Å²) in [5.41, 5.74) is 1.15. The lowest BCUT2D eigenvalue weighted by atomic mass is 10.2. The standard InChI is InChI=1S/C21H25N3O4/c1-15(2)22-19(25)13-24(3)14-20(26)28-18-11-9-17(10-12-18)23-21(27)16-7-5-4-6-8-16/h4-12,15H,13-14H2,1-3H3,(H,22,25)(H,23,27). The summed E-state index contributed by atoms with van der Waals surface area (Å²) in [6.07, 6.45) is 0. The Bertz CT molecular complexity index is 804. The number of amides is 2. The lowest BCUT2D eigenvalue weighted by Gasteiger charge is -2.16. The summed E-state index contributed by atoms with van der Waals surface area (Å²) in [6.45, 7) is 3.84. The van der Waals surface area contributed by atoms with Crippen LogP contribution in [-0.2, 0) is 9.59 Å². The van der Waals surface area contributed by atoms with E-state index in [1.807, 2.05) is 19.9 Å². The van der Waals surface area contributed by atoms with E-state index in [1.54, 1.807) is 60.5 Å². The number of nitrogens with one attached hydrogen (secondary N) is 2. The van der Waals surface area contributed by atoms with E-state index >= 15 is 0 Å². The van der Waals surface area contributed by atoms with E-state index in [0.717, 1.165) is 0 Å². The number of likely N-dealkylation sites (N-methyl/N-ethyl adjacent to an activating group) is 1. The molecule has 0 unspecified atom stereocenters. The highest BCUT2D eigenvalue weighted by Gasteiger charge is 2.13. The molecule has 2 N–H and O–H groups in total. The fourth-order valence-electron chi connectivity index (χ4n) is 2.45. The molecule has 2 aromatic rings. The van der Waals surface area contributed by atoms with E-state index in [2.05, 4.69) is 10.6 Å². The molecule has 0 aliphatic carbocycles. The van der Waals surface area contributed by atoms with Crippen LogP contribution in [0.25, 0.3) is 0 Å². The molecule has 0 spiro atoms. The van der Waals surface area contributed by atoms with Crippen molar-refractivity contribution in [3.05, 3.63) is 60.2 Å². The maximum Gasteiger partial charge on any atom is 0.325 e. The van der Waals surface area contributed by atoms with Gasteiger partial charge in [-0.2, -0.15) is 0 Å². The zero-order chi connectivity index (χ0) is 20.5. The average molecular weight is 383 g/mol. The van der Waals surface area contributed by atoms with E-state index in [1.165, 1.54) is 0 Å². The van der Waals surface area contributed by atoms with Crippen molar-refractivity contribution in [2.75, 3.05) is 25.5 Å². The summed E-state index contributed by atoms with van der Waals surface area (Å²) in [5, 5.41) is 5.54. The first-order valence-electron chi connectivity index (χ1n) is 8.98. The Kier molecular flexibility index (Phi) is 7.71. The molecule has 2 aromatic carbocycles. The summed E-state index contributed by atoms with van der Waals surface area (Å²) in [5.74, 6) is -0.473. The summed E-state index contributed by atoms with van der Waals surface area (Å²) in [6, 6.07) is 15.4. The van der Waals surface area contributed by atoms with Gasteiger partial charge in [0.15, 0.2) is 0 Å². The van der Waals surface area contributed by atoms with Crippen LogP contribution < -0.4 is 15.4 Å². The fraction of sp³-hybridized carbons (Fsp3) is 0.286. The molecule has 0 aliphatic heterocycles. The van der Waals surface area contributed by atoms with Gasteiger partial charge in [0.05, 0.1) is 13.1 Å². The Morgan fingerprint density at radius 2 is 1.61 bits per heavy atom. The Morgan fingerprint density at radius 3 is 2.21 bits per heavy atom. The van der Waals surface area contributed by atoms with Crippen molar-refractivity contribution in [2.45, 2.75) is 19.9 Å². The van der Waals surface area contributed by atoms with Gasteiger partial charge in [-0.3, -0.25) is 19.3 Å². The number of rotatable bonds is 8. The van der Waals surface area contributed by atoms with Crippen LogP contribution in [0.4, 0.5) is 5.69 Å². The van der Waals surface area contributed by atoms with Gasteiger partial charge >= 0.3 is 5.97 Å². The van der Waals surface area contributed by atoms with E-state index < -0.39 is 5.97 Å². The molecule has 2 amide bonds. The second-order valence-electron chi connectivity index (χ2n) is 6.71. The first-order chi connectivity index (χ1) is 13.3. The zero-order valence-electron chi connectivity index (χ0n) is 16.3. The Morgan fingerprint density at radius 1 is 0.964 bits per heavy atom. The van der Waals surface area contributed by atoms with Gasteiger partial charge in [0.1, 0.15) is 5.75 Å². The molecule has 0 aliphatic rings. The van der Waals surface area contributed by atoms with Crippen LogP contribution in [-0.4, -0.2) is 48.9 Å². The van der Waals surface area contributed by atoms with Crippen molar-refractivity contribution in [2.24, 2.45) is 0 Å². The molecule has 0 saturated heterocycles. The molecule has 28 heavy (non-hydrogen) atoms. The number of carbonyl (C=O) groups is 3. The van der Waals surface area contributed by atoms with Crippen molar-refractivity contribution in [1.29, 1.82) is 0 Å². The van der Waals surface area contributed by atoms with Crippen molar-refractivity contribution < 1.29 is 19.1 Å². The number of benzene rings is 2. The van der Waals surface area contributed by atoms with Gasteiger partial charge < -0.3 is 15.4 Å². The summed E-state index contributed by atoms with van der Waals surface area (Å²) >= 11 is 0. The highest BCUT2D eigenvalue weighted by Crippen LogP contribution is 2.16. The Hall–Kier alpha value is -3.19. The number of ether oxygens (including phenoxy) is 1. The van der Waals surface area contributed by atoms with Gasteiger partial charge in [0, 0.05) is 17.3 Å². The van der Waals surface area contributed by atoms with E-state index in [9.17, 15) is 14.4 Å². The third-order valence-corrected chi connectivity index (χ3v) is 3.64. The lowest BCUT2D eigenvalue weighted by molar-refractivity contribution is -0.135. The van der Waals surface area contributed by atoms with Crippen LogP contribution in [0.3, 0.4) is 0 Å². The van der Waals surface area contributed by atoms with Gasteiger partial charge in [-0.05, 0) is 57.3 Å². The summed E-state index contributed by atoms with van der Waals surface area (Å²) in [4.78, 5) is 37.4. The van der Waals surface area contributed by atoms with Crippen LogP contribution in [0.5, 0.6) is 5.75 Å². The highest BCUT2D eigenvalue weighted by molar-refractivity contribution is 6.04. The van der Waals surface area contributed by atoms with Crippen LogP contribution in [0, 0.1) is 0 Å². The van der Waals surface area contributed by atoms with E-state index in [0.29, 0.717) is 17.0 Å². The molecule has 7 nitrogen and oxygen atoms in total. The van der Waals surface area contributed by atoms with Gasteiger partial charge in [-0.25, -0.2) is 0 Å². The van der Waals surface area contributed by atoms with Crippen molar-refractivity contribution in [1.82, 2.24) is 10.2 Å². The van der Waals surface area contributed by atoms with Crippen LogP contribution in [0.2, 0.25) is 0 Å². The Balaban J connectivity index is 1.82. The van der Waals surface area contributed by atoms with Crippen LogP contribution in [0.15, 0.2) is 54.6 Å². The summed E-state index contributed by atoms with van der Waals surface area (Å²) in [7, 11) is 1.67. The minimum absolute atomic E-state index is 0.0159. The summed E-state index contributed by atoms with van der Waals surface area (Å²) < 4.78 is 5.27. The minimum atomic E-state index is -0.471. The van der Waals surface area contributed by atoms with Crippen LogP contribution >= 0.6 is 0 Å². The molecule has 0 radical (unpaired) electrons. The number of hydrogen-bond donors (Lipinski definition) is 2. The molecule has 0 saturated carbocycles. The molecule has 0 bridgehead atoms. The number of carbonyl (C=O) groups excluding carboxylic acids is 3. The molecule has 0 aromatic heterocycles. The highest BCUT2D eigenvalue weighted by atomic mass is 16.5. The fourth-order valence-corrected chi connectivity index (χ4v) is 2.45. The van der Waals surface area contributed by atoms with Crippen molar-refractivity contribution in [3.63, 3.8) is 0 Å². The molecule has 2 rings (SSSR count). The quantitative estimate of drug-likeness (QED) is 0.539. The Labute approximate surface area is 164 Å². The largest absolute Gasteiger partial charge is 0.426 e. The molecular formula is C21H25N3O4. The van der Waals surface area contributed by atoms with Crippen molar-refractivity contribution in [3.8, 4) is 5.75 Å². The first kappa shape index (κ1) is 21.1. The predicted octanol–water partition coefficient (Wildman–Crippen LogP) is 2.30. The van der Waals surface area contributed by atoms with E-state index in [4.69, 9.17) is 4.74 Å². The lowest BCUT2D eigenvalue weighted by Crippen LogP contribution is -2.40. The smallest absolute Gasteiger partial charge is 0.325 e. The SMILES string of the molecule is CC(C)NC(=O)CN(C)CC(=O)Oc1ccc(NC(=O)c2ccccc2)cc1. The normalized spacial score (nSPS) is 10.6. The third-order valence-electron chi connectivity index (χ3n) is 3.64. The molecule has 0 heterocycles. The number of esters is 1. The second-order valence-corrected chi connectivity index (χ2v) is 6.71.